The van der Waals surface area contributed by atoms with Gasteiger partial charge in [-0.25, -0.2) is 0 Å². The molecule has 0 aliphatic heterocycles. The summed E-state index contributed by atoms with van der Waals surface area (Å²) in [5.74, 6) is 2.47. The summed E-state index contributed by atoms with van der Waals surface area (Å²) in [6.07, 6.45) is 3.09. The molecule has 0 bridgehead atoms. The predicted molar refractivity (Wildman–Crippen MR) is 85.0 cm³/mol. The van der Waals surface area contributed by atoms with Gasteiger partial charge in [-0.15, -0.1) is 0 Å². The Balaban J connectivity index is 1.58. The summed E-state index contributed by atoms with van der Waals surface area (Å²) < 4.78 is 11.0. The highest BCUT2D eigenvalue weighted by Gasteiger charge is 2.34. The highest BCUT2D eigenvalue weighted by Crippen LogP contribution is 2.37. The van der Waals surface area contributed by atoms with Crippen molar-refractivity contribution in [2.24, 2.45) is 0 Å². The SMILES string of the molecule is CCOC1CC(c2nc(Cc3ccc(C(C)C)cc3)no2)C1. The van der Waals surface area contributed by atoms with Gasteiger partial charge in [0, 0.05) is 18.9 Å². The highest BCUT2D eigenvalue weighted by atomic mass is 16.5. The number of benzene rings is 1. The van der Waals surface area contributed by atoms with Crippen molar-refractivity contribution >= 4 is 0 Å². The maximum atomic E-state index is 5.57. The van der Waals surface area contributed by atoms with Crippen LogP contribution >= 0.6 is 0 Å². The molecule has 2 aromatic rings. The maximum absolute atomic E-state index is 5.57. The average molecular weight is 300 g/mol. The molecule has 1 aliphatic rings. The molecular weight excluding hydrogens is 276 g/mol. The minimum atomic E-state index is 0.369. The molecule has 1 aliphatic carbocycles. The Morgan fingerprint density at radius 2 is 1.95 bits per heavy atom. The lowest BCUT2D eigenvalue weighted by molar-refractivity contribution is -0.00961. The van der Waals surface area contributed by atoms with Crippen LogP contribution in [0.5, 0.6) is 0 Å². The summed E-state index contributed by atoms with van der Waals surface area (Å²) in [6, 6.07) is 8.67. The fraction of sp³-hybridized carbons (Fsp3) is 0.556. The second-order valence-electron chi connectivity index (χ2n) is 6.37. The van der Waals surface area contributed by atoms with Gasteiger partial charge in [0.2, 0.25) is 5.89 Å². The van der Waals surface area contributed by atoms with Crippen LogP contribution in [0.15, 0.2) is 28.8 Å². The van der Waals surface area contributed by atoms with Crippen LogP contribution in [0, 0.1) is 0 Å². The molecule has 0 unspecified atom stereocenters. The van der Waals surface area contributed by atoms with Crippen LogP contribution in [-0.4, -0.2) is 22.9 Å². The Bertz CT molecular complexity index is 598. The Morgan fingerprint density at radius 3 is 2.59 bits per heavy atom. The summed E-state index contributed by atoms with van der Waals surface area (Å²) in [7, 11) is 0. The third-order valence-electron chi connectivity index (χ3n) is 4.34. The number of rotatable bonds is 6. The van der Waals surface area contributed by atoms with E-state index in [1.54, 1.807) is 0 Å². The molecule has 1 saturated carbocycles. The van der Waals surface area contributed by atoms with Gasteiger partial charge in [-0.05, 0) is 36.8 Å². The van der Waals surface area contributed by atoms with E-state index in [2.05, 4.69) is 48.3 Å². The van der Waals surface area contributed by atoms with E-state index in [4.69, 9.17) is 9.26 Å². The quantitative estimate of drug-likeness (QED) is 0.807. The minimum absolute atomic E-state index is 0.369. The zero-order valence-corrected chi connectivity index (χ0v) is 13.6. The van der Waals surface area contributed by atoms with Crippen molar-refractivity contribution in [3.8, 4) is 0 Å². The van der Waals surface area contributed by atoms with Gasteiger partial charge >= 0.3 is 0 Å². The summed E-state index contributed by atoms with van der Waals surface area (Å²) in [6.45, 7) is 7.21. The molecule has 1 aromatic heterocycles. The molecule has 0 amide bonds. The summed E-state index contributed by atoms with van der Waals surface area (Å²) >= 11 is 0. The zero-order chi connectivity index (χ0) is 15.5. The van der Waals surface area contributed by atoms with Crippen molar-refractivity contribution in [1.82, 2.24) is 10.1 Å². The van der Waals surface area contributed by atoms with Crippen molar-refractivity contribution in [2.75, 3.05) is 6.61 Å². The third kappa shape index (κ3) is 3.38. The molecule has 4 nitrogen and oxygen atoms in total. The normalized spacial score (nSPS) is 21.1. The fourth-order valence-electron chi connectivity index (χ4n) is 2.85. The molecular formula is C18H24N2O2. The summed E-state index contributed by atoms with van der Waals surface area (Å²) in [5, 5.41) is 4.12. The van der Waals surface area contributed by atoms with E-state index >= 15 is 0 Å². The molecule has 1 heterocycles. The van der Waals surface area contributed by atoms with E-state index in [1.165, 1.54) is 11.1 Å². The van der Waals surface area contributed by atoms with Gasteiger partial charge in [0.15, 0.2) is 5.82 Å². The van der Waals surface area contributed by atoms with Gasteiger partial charge in [0.1, 0.15) is 0 Å². The first-order valence-corrected chi connectivity index (χ1v) is 8.18. The van der Waals surface area contributed by atoms with Gasteiger partial charge in [-0.3, -0.25) is 0 Å². The molecule has 0 N–H and O–H groups in total. The second-order valence-corrected chi connectivity index (χ2v) is 6.37. The molecule has 0 spiro atoms. The molecule has 22 heavy (non-hydrogen) atoms. The average Bonchev–Trinajstić information content (AvgIpc) is 2.91. The lowest BCUT2D eigenvalue weighted by Gasteiger charge is -2.32. The van der Waals surface area contributed by atoms with Crippen molar-refractivity contribution < 1.29 is 9.26 Å². The molecule has 1 aromatic carbocycles. The van der Waals surface area contributed by atoms with Crippen LogP contribution in [0.3, 0.4) is 0 Å². The molecule has 0 saturated heterocycles. The number of ether oxygens (including phenoxy) is 1. The topological polar surface area (TPSA) is 48.2 Å². The Kier molecular flexibility index (Phi) is 4.57. The van der Waals surface area contributed by atoms with E-state index in [1.807, 2.05) is 6.92 Å². The molecule has 1 fully saturated rings. The fourth-order valence-corrected chi connectivity index (χ4v) is 2.85. The van der Waals surface area contributed by atoms with Crippen LogP contribution in [-0.2, 0) is 11.2 Å². The Hall–Kier alpha value is -1.68. The number of nitrogens with zero attached hydrogens (tertiary/aromatic N) is 2. The Labute approximate surface area is 131 Å². The first kappa shape index (κ1) is 15.2. The first-order chi connectivity index (χ1) is 10.7. The van der Waals surface area contributed by atoms with E-state index in [9.17, 15) is 0 Å². The Morgan fingerprint density at radius 1 is 1.23 bits per heavy atom. The van der Waals surface area contributed by atoms with Gasteiger partial charge in [0.05, 0.1) is 6.10 Å². The van der Waals surface area contributed by atoms with Gasteiger partial charge in [-0.2, -0.15) is 4.98 Å². The van der Waals surface area contributed by atoms with Crippen LogP contribution in [0.25, 0.3) is 0 Å². The maximum Gasteiger partial charge on any atom is 0.229 e. The van der Waals surface area contributed by atoms with E-state index in [0.29, 0.717) is 17.9 Å². The second kappa shape index (κ2) is 6.61. The number of hydrogen-bond donors (Lipinski definition) is 0. The van der Waals surface area contributed by atoms with Gasteiger partial charge < -0.3 is 9.26 Å². The van der Waals surface area contributed by atoms with Crippen molar-refractivity contribution in [2.45, 2.75) is 58.0 Å². The molecule has 118 valence electrons. The predicted octanol–water partition coefficient (Wildman–Crippen LogP) is 4.07. The monoisotopic (exact) mass is 300 g/mol. The van der Waals surface area contributed by atoms with Crippen molar-refractivity contribution in [1.29, 1.82) is 0 Å². The molecule has 3 rings (SSSR count). The highest BCUT2D eigenvalue weighted by molar-refractivity contribution is 5.26. The lowest BCUT2D eigenvalue weighted by Crippen LogP contribution is -2.29. The van der Waals surface area contributed by atoms with Crippen LogP contribution in [0.2, 0.25) is 0 Å². The number of hydrogen-bond acceptors (Lipinski definition) is 4. The van der Waals surface area contributed by atoms with E-state index in [-0.39, 0.29) is 0 Å². The molecule has 0 atom stereocenters. The zero-order valence-electron chi connectivity index (χ0n) is 13.6. The summed E-state index contributed by atoms with van der Waals surface area (Å²) in [5.41, 5.74) is 2.58. The summed E-state index contributed by atoms with van der Waals surface area (Å²) in [4.78, 5) is 4.55. The van der Waals surface area contributed by atoms with Crippen molar-refractivity contribution in [3.05, 3.63) is 47.1 Å². The number of aromatic nitrogens is 2. The van der Waals surface area contributed by atoms with Crippen LogP contribution in [0.4, 0.5) is 0 Å². The molecule has 4 heteroatoms. The lowest BCUT2D eigenvalue weighted by atomic mass is 9.82. The smallest absolute Gasteiger partial charge is 0.229 e. The largest absolute Gasteiger partial charge is 0.378 e. The van der Waals surface area contributed by atoms with Crippen LogP contribution < -0.4 is 0 Å². The standard InChI is InChI=1S/C18H24N2O2/c1-4-21-16-10-15(11-16)18-19-17(20-22-18)9-13-5-7-14(8-6-13)12(2)3/h5-8,12,15-16H,4,9-11H2,1-3H3. The van der Waals surface area contributed by atoms with Crippen LogP contribution in [0.1, 0.15) is 68.3 Å². The van der Waals surface area contributed by atoms with E-state index < -0.39 is 0 Å². The minimum Gasteiger partial charge on any atom is -0.378 e. The van der Waals surface area contributed by atoms with Gasteiger partial charge in [-0.1, -0.05) is 43.3 Å². The molecule has 0 radical (unpaired) electrons. The van der Waals surface area contributed by atoms with Crippen molar-refractivity contribution in [3.63, 3.8) is 0 Å². The van der Waals surface area contributed by atoms with E-state index in [0.717, 1.165) is 37.6 Å². The third-order valence-corrected chi connectivity index (χ3v) is 4.34. The first-order valence-electron chi connectivity index (χ1n) is 8.18. The van der Waals surface area contributed by atoms with Gasteiger partial charge in [0.25, 0.3) is 0 Å².